The third kappa shape index (κ3) is 4.77. The molecule has 4 nitrogen and oxygen atoms in total. The molecule has 1 unspecified atom stereocenters. The molecule has 0 radical (unpaired) electrons. The van der Waals surface area contributed by atoms with Crippen LogP contribution in [0, 0.1) is 5.92 Å². The number of thioether (sulfide) groups is 1. The first kappa shape index (κ1) is 17.5. The zero-order chi connectivity index (χ0) is 15.1. The lowest BCUT2D eigenvalue weighted by Crippen LogP contribution is -2.23. The molecule has 116 valence electrons. The third-order valence-electron chi connectivity index (χ3n) is 3.33. The van der Waals surface area contributed by atoms with Crippen LogP contribution in [0.5, 0.6) is 0 Å². The minimum Gasteiger partial charge on any atom is -0.305 e. The fourth-order valence-electron chi connectivity index (χ4n) is 2.20. The van der Waals surface area contributed by atoms with Crippen LogP contribution < -0.4 is 0 Å². The van der Waals surface area contributed by atoms with Crippen molar-refractivity contribution < 1.29 is 0 Å². The van der Waals surface area contributed by atoms with Crippen molar-refractivity contribution in [1.82, 2.24) is 19.7 Å². The summed E-state index contributed by atoms with van der Waals surface area (Å²) in [7, 11) is 4.24. The summed E-state index contributed by atoms with van der Waals surface area (Å²) in [6.45, 7) is 9.97. The molecule has 0 saturated carbocycles. The molecule has 5 heteroatoms. The van der Waals surface area contributed by atoms with E-state index in [-0.39, 0.29) is 0 Å². The van der Waals surface area contributed by atoms with Crippen molar-refractivity contribution >= 4 is 11.8 Å². The monoisotopic (exact) mass is 298 g/mol. The molecule has 0 aromatic carbocycles. The van der Waals surface area contributed by atoms with Crippen molar-refractivity contribution in [2.24, 2.45) is 5.92 Å². The lowest BCUT2D eigenvalue weighted by molar-refractivity contribution is 0.270. The van der Waals surface area contributed by atoms with Crippen LogP contribution in [-0.2, 0) is 6.54 Å². The molecule has 0 fully saturated rings. The molecule has 0 amide bonds. The number of hydrogen-bond donors (Lipinski definition) is 0. The van der Waals surface area contributed by atoms with Crippen LogP contribution in [0.2, 0.25) is 0 Å². The molecule has 0 N–H and O–H groups in total. The van der Waals surface area contributed by atoms with Crippen molar-refractivity contribution in [2.45, 2.75) is 64.7 Å². The Hall–Kier alpha value is -0.550. The van der Waals surface area contributed by atoms with Crippen molar-refractivity contribution in [3.63, 3.8) is 0 Å². The summed E-state index contributed by atoms with van der Waals surface area (Å²) in [5, 5.41) is 10.0. The molecule has 1 rings (SSSR count). The summed E-state index contributed by atoms with van der Waals surface area (Å²) in [4.78, 5) is 2.24. The van der Waals surface area contributed by atoms with E-state index in [0.29, 0.717) is 12.0 Å². The van der Waals surface area contributed by atoms with E-state index in [2.05, 4.69) is 61.5 Å². The molecule has 0 aliphatic carbocycles. The Bertz CT molecular complexity index is 387. The maximum atomic E-state index is 4.49. The lowest BCUT2D eigenvalue weighted by atomic mass is 10.2. The van der Waals surface area contributed by atoms with Gasteiger partial charge in [-0.15, -0.1) is 10.2 Å². The van der Waals surface area contributed by atoms with Gasteiger partial charge in [0.1, 0.15) is 0 Å². The largest absolute Gasteiger partial charge is 0.305 e. The van der Waals surface area contributed by atoms with E-state index in [4.69, 9.17) is 0 Å². The van der Waals surface area contributed by atoms with Gasteiger partial charge >= 0.3 is 0 Å². The van der Waals surface area contributed by atoms with E-state index in [0.717, 1.165) is 29.7 Å². The average molecular weight is 298 g/mol. The van der Waals surface area contributed by atoms with Crippen LogP contribution >= 0.6 is 11.8 Å². The highest BCUT2D eigenvalue weighted by molar-refractivity contribution is 7.99. The normalized spacial score (nSPS) is 13.4. The molecule has 1 heterocycles. The van der Waals surface area contributed by atoms with Crippen LogP contribution in [0.25, 0.3) is 0 Å². The number of nitrogens with zero attached hydrogens (tertiary/aromatic N) is 4. The molecule has 0 spiro atoms. The second-order valence-corrected chi connectivity index (χ2v) is 6.93. The van der Waals surface area contributed by atoms with Crippen molar-refractivity contribution in [2.75, 3.05) is 19.8 Å². The number of hydrogen-bond acceptors (Lipinski definition) is 4. The number of aromatic nitrogens is 3. The highest BCUT2D eigenvalue weighted by Gasteiger charge is 2.21. The Kier molecular flexibility index (Phi) is 7.59. The summed E-state index contributed by atoms with van der Waals surface area (Å²) in [5.74, 6) is 2.90. The van der Waals surface area contributed by atoms with Gasteiger partial charge in [0.25, 0.3) is 0 Å². The average Bonchev–Trinajstić information content (AvgIpc) is 2.77. The predicted octanol–water partition coefficient (Wildman–Crippen LogP) is 3.84. The Morgan fingerprint density at radius 2 is 1.90 bits per heavy atom. The molecule has 1 aromatic heterocycles. The summed E-state index contributed by atoms with van der Waals surface area (Å²) < 4.78 is 2.34. The van der Waals surface area contributed by atoms with E-state index < -0.39 is 0 Å². The maximum Gasteiger partial charge on any atom is 0.191 e. The van der Waals surface area contributed by atoms with E-state index in [9.17, 15) is 0 Å². The molecular weight excluding hydrogens is 268 g/mol. The predicted molar refractivity (Wildman–Crippen MR) is 87.2 cm³/mol. The Morgan fingerprint density at radius 1 is 1.20 bits per heavy atom. The first-order chi connectivity index (χ1) is 9.51. The lowest BCUT2D eigenvalue weighted by Gasteiger charge is -2.23. The quantitative estimate of drug-likeness (QED) is 0.649. The third-order valence-corrected chi connectivity index (χ3v) is 4.73. The van der Waals surface area contributed by atoms with Crippen molar-refractivity contribution in [1.29, 1.82) is 0 Å². The number of unbranched alkanes of at least 4 members (excludes halogenated alkanes) is 1. The first-order valence-electron chi connectivity index (χ1n) is 7.73. The van der Waals surface area contributed by atoms with Crippen molar-refractivity contribution in [3.05, 3.63) is 5.82 Å². The molecule has 1 aromatic rings. The summed E-state index contributed by atoms with van der Waals surface area (Å²) in [6.07, 6.45) is 3.45. The first-order valence-corrected chi connectivity index (χ1v) is 8.72. The van der Waals surface area contributed by atoms with Gasteiger partial charge in [0, 0.05) is 12.3 Å². The van der Waals surface area contributed by atoms with Gasteiger partial charge in [-0.2, -0.15) is 0 Å². The van der Waals surface area contributed by atoms with Gasteiger partial charge in [0.05, 0.1) is 6.04 Å². The molecular formula is C15H30N4S. The van der Waals surface area contributed by atoms with E-state index in [1.807, 2.05) is 11.8 Å². The molecule has 0 aliphatic rings. The van der Waals surface area contributed by atoms with E-state index >= 15 is 0 Å². The number of rotatable bonds is 9. The van der Waals surface area contributed by atoms with E-state index in [1.165, 1.54) is 12.8 Å². The second-order valence-electron chi connectivity index (χ2n) is 5.94. The molecule has 0 aliphatic heterocycles. The fraction of sp³-hybridized carbons (Fsp3) is 0.867. The van der Waals surface area contributed by atoms with Crippen LogP contribution in [0.1, 0.15) is 58.8 Å². The minimum absolute atomic E-state index is 0.354. The Morgan fingerprint density at radius 3 is 2.40 bits per heavy atom. The van der Waals surface area contributed by atoms with Gasteiger partial charge < -0.3 is 4.57 Å². The molecule has 0 bridgehead atoms. The van der Waals surface area contributed by atoms with Crippen LogP contribution in [0.3, 0.4) is 0 Å². The zero-order valence-corrected chi connectivity index (χ0v) is 14.7. The van der Waals surface area contributed by atoms with Crippen LogP contribution in [0.15, 0.2) is 5.16 Å². The topological polar surface area (TPSA) is 34.0 Å². The second kappa shape index (κ2) is 8.67. The highest BCUT2D eigenvalue weighted by Crippen LogP contribution is 2.26. The van der Waals surface area contributed by atoms with Gasteiger partial charge in [-0.25, -0.2) is 0 Å². The Balaban J connectivity index is 2.97. The van der Waals surface area contributed by atoms with Gasteiger partial charge in [0.15, 0.2) is 11.0 Å². The van der Waals surface area contributed by atoms with Crippen LogP contribution in [0.4, 0.5) is 0 Å². The minimum atomic E-state index is 0.354. The van der Waals surface area contributed by atoms with Gasteiger partial charge in [-0.3, -0.25) is 4.90 Å². The molecule has 20 heavy (non-hydrogen) atoms. The standard InChI is InChI=1S/C15H30N4S/c1-7-9-10-19-14(13(8-2)18(5)6)16-17-15(19)20-11-12(3)4/h12-13H,7-11H2,1-6H3. The fourth-order valence-corrected chi connectivity index (χ4v) is 3.12. The van der Waals surface area contributed by atoms with Gasteiger partial charge in [-0.05, 0) is 32.9 Å². The van der Waals surface area contributed by atoms with Gasteiger partial charge in [0.2, 0.25) is 0 Å². The smallest absolute Gasteiger partial charge is 0.191 e. The van der Waals surface area contributed by atoms with Crippen LogP contribution in [-0.4, -0.2) is 39.5 Å². The van der Waals surface area contributed by atoms with Crippen molar-refractivity contribution in [3.8, 4) is 0 Å². The maximum absolute atomic E-state index is 4.49. The summed E-state index contributed by atoms with van der Waals surface area (Å²) in [6, 6.07) is 0.354. The van der Waals surface area contributed by atoms with E-state index in [1.54, 1.807) is 0 Å². The SMILES string of the molecule is CCCCn1c(SCC(C)C)nnc1C(CC)N(C)C. The zero-order valence-electron chi connectivity index (χ0n) is 13.9. The molecule has 0 saturated heterocycles. The summed E-state index contributed by atoms with van der Waals surface area (Å²) >= 11 is 1.84. The summed E-state index contributed by atoms with van der Waals surface area (Å²) in [5.41, 5.74) is 0. The molecule has 1 atom stereocenters. The van der Waals surface area contributed by atoms with Gasteiger partial charge in [-0.1, -0.05) is 45.9 Å². The Labute approximate surface area is 128 Å². The highest BCUT2D eigenvalue weighted by atomic mass is 32.2.